The van der Waals surface area contributed by atoms with E-state index in [0.29, 0.717) is 6.42 Å². The molecule has 2 nitrogen and oxygen atoms in total. The van der Waals surface area contributed by atoms with Crippen LogP contribution in [0, 0.1) is 0 Å². The van der Waals surface area contributed by atoms with Crippen molar-refractivity contribution in [2.45, 2.75) is 6.42 Å². The molecular formula is C6H15INO+. The predicted octanol–water partition coefficient (Wildman–Crippen LogP) is 0.900. The number of hydrogen-bond donors (Lipinski definition) is 0. The Kier molecular flexibility index (Phi) is 6.94. The number of hydrogen-bond acceptors (Lipinski definition) is 1. The van der Waals surface area contributed by atoms with Gasteiger partial charge in [0.1, 0.15) is 6.29 Å². The quantitative estimate of drug-likeness (QED) is 0.409. The van der Waals surface area contributed by atoms with Crippen molar-refractivity contribution in [3.05, 3.63) is 0 Å². The molecular weight excluding hydrogens is 229 g/mol. The van der Waals surface area contributed by atoms with Crippen molar-refractivity contribution in [3.8, 4) is 0 Å². The van der Waals surface area contributed by atoms with Gasteiger partial charge in [-0.25, -0.2) is 0 Å². The Morgan fingerprint density at radius 3 is 1.89 bits per heavy atom. The molecule has 0 saturated heterocycles. The molecule has 0 rings (SSSR count). The summed E-state index contributed by atoms with van der Waals surface area (Å²) in [4.78, 5) is 9.84. The third-order valence-electron chi connectivity index (χ3n) is 0.918. The van der Waals surface area contributed by atoms with E-state index < -0.39 is 0 Å². The Labute approximate surface area is 73.8 Å². The first-order valence-corrected chi connectivity index (χ1v) is 2.80. The topological polar surface area (TPSA) is 17.1 Å². The first-order chi connectivity index (χ1) is 3.56. The molecule has 0 spiro atoms. The van der Waals surface area contributed by atoms with E-state index in [-0.39, 0.29) is 24.0 Å². The van der Waals surface area contributed by atoms with E-state index in [1.54, 1.807) is 0 Å². The summed E-state index contributed by atoms with van der Waals surface area (Å²) in [6, 6.07) is 0. The lowest BCUT2D eigenvalue weighted by atomic mass is 10.4. The highest BCUT2D eigenvalue weighted by atomic mass is 127. The molecule has 0 amide bonds. The predicted molar refractivity (Wildman–Crippen MR) is 49.0 cm³/mol. The Morgan fingerprint density at radius 1 is 1.33 bits per heavy atom. The fourth-order valence-electron chi connectivity index (χ4n) is 0.440. The van der Waals surface area contributed by atoms with E-state index in [9.17, 15) is 4.79 Å². The van der Waals surface area contributed by atoms with Crippen molar-refractivity contribution in [1.82, 2.24) is 0 Å². The van der Waals surface area contributed by atoms with E-state index in [2.05, 4.69) is 21.1 Å². The van der Waals surface area contributed by atoms with Crippen LogP contribution in [0.5, 0.6) is 0 Å². The molecule has 0 saturated carbocycles. The molecule has 0 aromatic heterocycles. The van der Waals surface area contributed by atoms with E-state index in [1.165, 1.54) is 0 Å². The molecule has 56 valence electrons. The fraction of sp³-hybridized carbons (Fsp3) is 0.833. The number of rotatable bonds is 3. The summed E-state index contributed by atoms with van der Waals surface area (Å²) < 4.78 is 0.874. The smallest absolute Gasteiger partial charge is 0.125 e. The average molecular weight is 244 g/mol. The van der Waals surface area contributed by atoms with Gasteiger partial charge < -0.3 is 9.28 Å². The van der Waals surface area contributed by atoms with Crippen LogP contribution in [0.4, 0.5) is 0 Å². The Morgan fingerprint density at radius 2 is 1.78 bits per heavy atom. The molecule has 0 radical (unpaired) electrons. The van der Waals surface area contributed by atoms with Crippen LogP contribution in [0.1, 0.15) is 6.42 Å². The number of nitrogens with zero attached hydrogens (tertiary/aromatic N) is 1. The summed E-state index contributed by atoms with van der Waals surface area (Å²) in [6.45, 7) is 0.934. The molecule has 0 fully saturated rings. The van der Waals surface area contributed by atoms with E-state index in [1.807, 2.05) is 0 Å². The minimum atomic E-state index is 0. The van der Waals surface area contributed by atoms with Gasteiger partial charge >= 0.3 is 0 Å². The summed E-state index contributed by atoms with van der Waals surface area (Å²) in [5, 5.41) is 0. The zero-order valence-corrected chi connectivity index (χ0v) is 8.59. The zero-order valence-electron chi connectivity index (χ0n) is 6.26. The van der Waals surface area contributed by atoms with Crippen LogP contribution in [0.15, 0.2) is 0 Å². The van der Waals surface area contributed by atoms with E-state index in [0.717, 1.165) is 17.3 Å². The summed E-state index contributed by atoms with van der Waals surface area (Å²) in [6.07, 6.45) is 1.63. The Bertz CT molecular complexity index is 77.6. The van der Waals surface area contributed by atoms with Crippen LogP contribution in [0.2, 0.25) is 0 Å². The summed E-state index contributed by atoms with van der Waals surface area (Å²) >= 11 is 0. The minimum Gasteiger partial charge on any atom is -0.331 e. The van der Waals surface area contributed by atoms with Crippen molar-refractivity contribution in [2.75, 3.05) is 27.7 Å². The van der Waals surface area contributed by atoms with E-state index in [4.69, 9.17) is 0 Å². The second kappa shape index (κ2) is 5.17. The van der Waals surface area contributed by atoms with Gasteiger partial charge in [0.05, 0.1) is 34.1 Å². The molecule has 0 N–H and O–H groups in total. The van der Waals surface area contributed by atoms with Gasteiger partial charge in [-0.05, 0) is 0 Å². The van der Waals surface area contributed by atoms with Crippen LogP contribution in [0.3, 0.4) is 0 Å². The number of quaternary nitrogens is 1. The highest BCUT2D eigenvalue weighted by Gasteiger charge is 2.03. The van der Waals surface area contributed by atoms with Gasteiger partial charge in [-0.15, -0.1) is 24.0 Å². The summed E-state index contributed by atoms with van der Waals surface area (Å²) in [5.74, 6) is 0. The molecule has 0 aliphatic heterocycles. The number of carbonyl (C=O) groups excluding carboxylic acids is 1. The standard InChI is InChI=1S/C6H14NO.HI/c1-7(2,3)5-4-6-8;/h6H,4-5H2,1-3H3;1H/q+1;. The molecule has 0 heterocycles. The van der Waals surface area contributed by atoms with Crippen LogP contribution < -0.4 is 0 Å². The maximum absolute atomic E-state index is 9.84. The second-order valence-corrected chi connectivity index (χ2v) is 2.97. The molecule has 0 bridgehead atoms. The molecule has 0 aliphatic carbocycles. The van der Waals surface area contributed by atoms with Crippen molar-refractivity contribution < 1.29 is 9.28 Å². The van der Waals surface area contributed by atoms with Crippen molar-refractivity contribution >= 4 is 30.3 Å². The Balaban J connectivity index is 0. The van der Waals surface area contributed by atoms with Crippen LogP contribution >= 0.6 is 24.0 Å². The lowest BCUT2D eigenvalue weighted by Gasteiger charge is -2.22. The average Bonchev–Trinajstić information content (AvgIpc) is 1.59. The SMILES string of the molecule is C[N+](C)(C)CCC=O.I. The lowest BCUT2D eigenvalue weighted by Crippen LogP contribution is -2.35. The van der Waals surface area contributed by atoms with E-state index >= 15 is 0 Å². The zero-order chi connectivity index (χ0) is 6.62. The summed E-state index contributed by atoms with van der Waals surface area (Å²) in [5.41, 5.74) is 0. The van der Waals surface area contributed by atoms with Gasteiger partial charge in [-0.2, -0.15) is 0 Å². The highest BCUT2D eigenvalue weighted by Crippen LogP contribution is 1.89. The van der Waals surface area contributed by atoms with Crippen LogP contribution in [-0.4, -0.2) is 38.5 Å². The molecule has 0 aromatic carbocycles. The fourth-order valence-corrected chi connectivity index (χ4v) is 0.440. The van der Waals surface area contributed by atoms with Crippen LogP contribution in [0.25, 0.3) is 0 Å². The largest absolute Gasteiger partial charge is 0.331 e. The number of carbonyl (C=O) groups is 1. The van der Waals surface area contributed by atoms with Gasteiger partial charge in [0, 0.05) is 0 Å². The van der Waals surface area contributed by atoms with Gasteiger partial charge in [-0.3, -0.25) is 0 Å². The monoisotopic (exact) mass is 244 g/mol. The maximum Gasteiger partial charge on any atom is 0.125 e. The van der Waals surface area contributed by atoms with Gasteiger partial charge in [-0.1, -0.05) is 0 Å². The highest BCUT2D eigenvalue weighted by molar-refractivity contribution is 14.0. The molecule has 9 heavy (non-hydrogen) atoms. The molecule has 3 heteroatoms. The summed E-state index contributed by atoms with van der Waals surface area (Å²) in [7, 11) is 6.22. The lowest BCUT2D eigenvalue weighted by molar-refractivity contribution is -0.869. The van der Waals surface area contributed by atoms with Gasteiger partial charge in [0.25, 0.3) is 0 Å². The Hall–Kier alpha value is 0.360. The molecule has 0 aliphatic rings. The van der Waals surface area contributed by atoms with Crippen molar-refractivity contribution in [2.24, 2.45) is 0 Å². The van der Waals surface area contributed by atoms with Gasteiger partial charge in [0.2, 0.25) is 0 Å². The maximum atomic E-state index is 9.84. The third-order valence-corrected chi connectivity index (χ3v) is 0.918. The number of halogens is 1. The second-order valence-electron chi connectivity index (χ2n) is 2.97. The third kappa shape index (κ3) is 11.8. The van der Waals surface area contributed by atoms with Crippen LogP contribution in [-0.2, 0) is 4.79 Å². The van der Waals surface area contributed by atoms with Crippen molar-refractivity contribution in [1.29, 1.82) is 0 Å². The molecule has 0 aromatic rings. The molecule has 0 atom stereocenters. The van der Waals surface area contributed by atoms with Gasteiger partial charge in [0.15, 0.2) is 0 Å². The molecule has 0 unspecified atom stereocenters. The normalized spacial score (nSPS) is 10.1. The number of aldehydes is 1. The first kappa shape index (κ1) is 12.1. The van der Waals surface area contributed by atoms with Crippen molar-refractivity contribution in [3.63, 3.8) is 0 Å². The minimum absolute atomic E-state index is 0. The first-order valence-electron chi connectivity index (χ1n) is 2.80.